The zero-order chi connectivity index (χ0) is 20.1. The maximum atomic E-state index is 12.8. The van der Waals surface area contributed by atoms with Gasteiger partial charge in [0, 0.05) is 13.1 Å². The highest BCUT2D eigenvalue weighted by Gasteiger charge is 2.21. The third-order valence-electron chi connectivity index (χ3n) is 4.82. The quantitative estimate of drug-likeness (QED) is 0.726. The fourth-order valence-corrected chi connectivity index (χ4v) is 3.31. The van der Waals surface area contributed by atoms with Gasteiger partial charge in [-0.15, -0.1) is 0 Å². The highest BCUT2D eigenvalue weighted by Crippen LogP contribution is 2.21. The molecule has 0 aliphatic carbocycles. The number of nitrogens with zero attached hydrogens (tertiary/aromatic N) is 1. The Kier molecular flexibility index (Phi) is 5.72. The van der Waals surface area contributed by atoms with Crippen LogP contribution in [0.25, 0.3) is 10.8 Å². The van der Waals surface area contributed by atoms with Gasteiger partial charge in [-0.25, -0.2) is 0 Å². The Hall–Kier alpha value is -3.38. The number of rotatable bonds is 5. The summed E-state index contributed by atoms with van der Waals surface area (Å²) < 4.78 is 10.9. The largest absolute Gasteiger partial charge is 0.484 e. The molecule has 1 saturated heterocycles. The Morgan fingerprint density at radius 2 is 1.66 bits per heavy atom. The first kappa shape index (κ1) is 19.0. The van der Waals surface area contributed by atoms with Crippen molar-refractivity contribution in [2.24, 2.45) is 0 Å². The normalized spacial score (nSPS) is 13.9. The third-order valence-corrected chi connectivity index (χ3v) is 4.82. The van der Waals surface area contributed by atoms with Gasteiger partial charge >= 0.3 is 0 Å². The molecule has 148 valence electrons. The minimum atomic E-state index is -0.319. The minimum absolute atomic E-state index is 0.111. The molecule has 0 saturated carbocycles. The predicted molar refractivity (Wildman–Crippen MR) is 111 cm³/mol. The summed E-state index contributed by atoms with van der Waals surface area (Å²) in [5, 5.41) is 4.95. The molecule has 1 aliphatic heterocycles. The number of amides is 2. The summed E-state index contributed by atoms with van der Waals surface area (Å²) in [6.45, 7) is 2.01. The Morgan fingerprint density at radius 3 is 2.48 bits per heavy atom. The number of hydrogen-bond acceptors (Lipinski definition) is 4. The molecule has 0 unspecified atom stereocenters. The fraction of sp³-hybridized carbons (Fsp3) is 0.217. The van der Waals surface area contributed by atoms with E-state index in [0.717, 1.165) is 10.8 Å². The van der Waals surface area contributed by atoms with Gasteiger partial charge in [0.15, 0.2) is 6.61 Å². The van der Waals surface area contributed by atoms with Crippen molar-refractivity contribution < 1.29 is 19.1 Å². The van der Waals surface area contributed by atoms with Gasteiger partial charge in [0.1, 0.15) is 5.75 Å². The summed E-state index contributed by atoms with van der Waals surface area (Å²) in [5.41, 5.74) is 0.949. The van der Waals surface area contributed by atoms with E-state index in [4.69, 9.17) is 9.47 Å². The lowest BCUT2D eigenvalue weighted by molar-refractivity contribution is -0.118. The lowest BCUT2D eigenvalue weighted by Crippen LogP contribution is -2.41. The molecular weight excluding hydrogens is 368 g/mol. The first-order valence-electron chi connectivity index (χ1n) is 9.58. The van der Waals surface area contributed by atoms with Crippen LogP contribution in [0.2, 0.25) is 0 Å². The Bertz CT molecular complexity index is 1030. The van der Waals surface area contributed by atoms with Crippen molar-refractivity contribution in [1.82, 2.24) is 4.90 Å². The summed E-state index contributed by atoms with van der Waals surface area (Å²) >= 11 is 0. The van der Waals surface area contributed by atoms with Gasteiger partial charge in [0.2, 0.25) is 0 Å². The van der Waals surface area contributed by atoms with Crippen LogP contribution < -0.4 is 10.1 Å². The number of anilines is 1. The molecule has 29 heavy (non-hydrogen) atoms. The van der Waals surface area contributed by atoms with E-state index in [1.807, 2.05) is 42.5 Å². The van der Waals surface area contributed by atoms with Gasteiger partial charge < -0.3 is 19.7 Å². The molecule has 0 radical (unpaired) electrons. The average molecular weight is 390 g/mol. The van der Waals surface area contributed by atoms with Crippen LogP contribution in [-0.2, 0) is 9.53 Å². The van der Waals surface area contributed by atoms with Crippen molar-refractivity contribution in [3.63, 3.8) is 0 Å². The number of carbonyl (C=O) groups excluding carboxylic acids is 2. The molecule has 1 heterocycles. The first-order chi connectivity index (χ1) is 14.2. The zero-order valence-corrected chi connectivity index (χ0v) is 16.0. The number of para-hydroxylation sites is 1. The van der Waals surface area contributed by atoms with Crippen molar-refractivity contribution in [3.8, 4) is 5.75 Å². The van der Waals surface area contributed by atoms with Crippen LogP contribution in [0.1, 0.15) is 10.4 Å². The van der Waals surface area contributed by atoms with Gasteiger partial charge in [-0.2, -0.15) is 0 Å². The second kappa shape index (κ2) is 8.75. The average Bonchev–Trinajstić information content (AvgIpc) is 2.78. The van der Waals surface area contributed by atoms with Gasteiger partial charge in [-0.1, -0.05) is 42.5 Å². The van der Waals surface area contributed by atoms with Crippen molar-refractivity contribution in [2.45, 2.75) is 0 Å². The van der Waals surface area contributed by atoms with Crippen molar-refractivity contribution >= 4 is 28.3 Å². The molecule has 3 aromatic carbocycles. The lowest BCUT2D eigenvalue weighted by atomic mass is 10.1. The zero-order valence-electron chi connectivity index (χ0n) is 16.0. The highest BCUT2D eigenvalue weighted by atomic mass is 16.5. The van der Waals surface area contributed by atoms with Crippen molar-refractivity contribution in [3.05, 3.63) is 72.3 Å². The molecule has 1 fully saturated rings. The van der Waals surface area contributed by atoms with Gasteiger partial charge in [0.05, 0.1) is 24.5 Å². The summed E-state index contributed by atoms with van der Waals surface area (Å²) in [6, 6.07) is 20.7. The van der Waals surface area contributed by atoms with Crippen LogP contribution in [0.4, 0.5) is 5.69 Å². The SMILES string of the molecule is O=C(COc1ccc2ccccc2c1)Nc1ccccc1C(=O)N1CCOCC1. The second-order valence-corrected chi connectivity index (χ2v) is 6.80. The van der Waals surface area contributed by atoms with Gasteiger partial charge in [-0.05, 0) is 35.0 Å². The van der Waals surface area contributed by atoms with Crippen LogP contribution in [0.5, 0.6) is 5.75 Å². The molecule has 0 spiro atoms. The Balaban J connectivity index is 1.41. The number of nitrogens with one attached hydrogen (secondary N) is 1. The molecule has 0 aromatic heterocycles. The number of ether oxygens (including phenoxy) is 2. The van der Waals surface area contributed by atoms with E-state index in [0.29, 0.717) is 43.3 Å². The number of fused-ring (bicyclic) bond motifs is 1. The van der Waals surface area contributed by atoms with E-state index in [1.165, 1.54) is 0 Å². The number of carbonyl (C=O) groups is 2. The molecule has 6 nitrogen and oxygen atoms in total. The van der Waals surface area contributed by atoms with E-state index < -0.39 is 0 Å². The highest BCUT2D eigenvalue weighted by molar-refractivity contribution is 6.04. The van der Waals surface area contributed by atoms with Crippen LogP contribution in [0.3, 0.4) is 0 Å². The number of morpholine rings is 1. The van der Waals surface area contributed by atoms with Crippen LogP contribution in [0, 0.1) is 0 Å². The Morgan fingerprint density at radius 1 is 0.931 bits per heavy atom. The smallest absolute Gasteiger partial charge is 0.262 e. The van der Waals surface area contributed by atoms with E-state index in [-0.39, 0.29) is 18.4 Å². The molecule has 1 aliphatic rings. The molecule has 0 bridgehead atoms. The maximum absolute atomic E-state index is 12.8. The molecule has 1 N–H and O–H groups in total. The summed E-state index contributed by atoms with van der Waals surface area (Å²) in [4.78, 5) is 26.9. The molecule has 3 aromatic rings. The molecule has 2 amide bonds. The minimum Gasteiger partial charge on any atom is -0.484 e. The number of benzene rings is 3. The van der Waals surface area contributed by atoms with E-state index in [2.05, 4.69) is 5.32 Å². The predicted octanol–water partition coefficient (Wildman–Crippen LogP) is 3.33. The van der Waals surface area contributed by atoms with E-state index in [1.54, 1.807) is 29.2 Å². The molecular formula is C23H22N2O4. The van der Waals surface area contributed by atoms with Crippen LogP contribution in [0.15, 0.2) is 66.7 Å². The van der Waals surface area contributed by atoms with Crippen LogP contribution in [-0.4, -0.2) is 49.6 Å². The first-order valence-corrected chi connectivity index (χ1v) is 9.58. The molecule has 4 rings (SSSR count). The second-order valence-electron chi connectivity index (χ2n) is 6.80. The molecule has 6 heteroatoms. The maximum Gasteiger partial charge on any atom is 0.262 e. The fourth-order valence-electron chi connectivity index (χ4n) is 3.31. The van der Waals surface area contributed by atoms with E-state index >= 15 is 0 Å². The lowest BCUT2D eigenvalue weighted by Gasteiger charge is -2.27. The van der Waals surface area contributed by atoms with Crippen molar-refractivity contribution in [2.75, 3.05) is 38.2 Å². The molecule has 0 atom stereocenters. The van der Waals surface area contributed by atoms with Crippen LogP contribution >= 0.6 is 0 Å². The van der Waals surface area contributed by atoms with Crippen molar-refractivity contribution in [1.29, 1.82) is 0 Å². The summed E-state index contributed by atoms with van der Waals surface area (Å²) in [7, 11) is 0. The standard InChI is InChI=1S/C23H22N2O4/c26-22(16-29-19-10-9-17-5-1-2-6-18(17)15-19)24-21-8-4-3-7-20(21)23(27)25-11-13-28-14-12-25/h1-10,15H,11-14,16H2,(H,24,26). The van der Waals surface area contributed by atoms with Gasteiger partial charge in [0.25, 0.3) is 11.8 Å². The summed E-state index contributed by atoms with van der Waals surface area (Å²) in [6.07, 6.45) is 0. The number of hydrogen-bond donors (Lipinski definition) is 1. The van der Waals surface area contributed by atoms with E-state index in [9.17, 15) is 9.59 Å². The Labute approximate surface area is 169 Å². The monoisotopic (exact) mass is 390 g/mol. The van der Waals surface area contributed by atoms with Gasteiger partial charge in [-0.3, -0.25) is 9.59 Å². The third kappa shape index (κ3) is 4.55. The topological polar surface area (TPSA) is 67.9 Å². The summed E-state index contributed by atoms with van der Waals surface area (Å²) in [5.74, 6) is 0.191.